The van der Waals surface area contributed by atoms with Crippen LogP contribution in [0.25, 0.3) is 0 Å². The van der Waals surface area contributed by atoms with Crippen molar-refractivity contribution in [3.63, 3.8) is 0 Å². The topological polar surface area (TPSA) is 117 Å². The van der Waals surface area contributed by atoms with Gasteiger partial charge in [0.25, 0.3) is 5.91 Å². The van der Waals surface area contributed by atoms with E-state index < -0.39 is 6.04 Å². The van der Waals surface area contributed by atoms with Gasteiger partial charge in [0.05, 0.1) is 24.1 Å². The number of pyridine rings is 1. The molecule has 1 aromatic heterocycles. The fraction of sp³-hybridized carbons (Fsp3) is 0.533. The molecule has 4 rings (SSSR count). The summed E-state index contributed by atoms with van der Waals surface area (Å²) in [4.78, 5) is 46.1. The van der Waals surface area contributed by atoms with Gasteiger partial charge in [-0.3, -0.25) is 19.3 Å². The summed E-state index contributed by atoms with van der Waals surface area (Å²) in [6.45, 7) is 6.07. The van der Waals surface area contributed by atoms with Crippen LogP contribution in [-0.4, -0.2) is 52.7 Å². The third-order valence-corrected chi connectivity index (χ3v) is 7.69. The van der Waals surface area contributed by atoms with Gasteiger partial charge in [-0.25, -0.2) is 4.98 Å². The number of nitrogens with zero attached hydrogens (tertiary/aromatic N) is 2. The van der Waals surface area contributed by atoms with E-state index in [0.29, 0.717) is 30.8 Å². The van der Waals surface area contributed by atoms with Crippen LogP contribution in [0.1, 0.15) is 73.9 Å². The van der Waals surface area contributed by atoms with E-state index >= 15 is 0 Å². The predicted molar refractivity (Wildman–Crippen MR) is 148 cm³/mol. The molecule has 4 N–H and O–H groups in total. The zero-order chi connectivity index (χ0) is 27.1. The van der Waals surface area contributed by atoms with Crippen LogP contribution in [0.3, 0.4) is 0 Å². The lowest BCUT2D eigenvalue weighted by atomic mass is 9.83. The molecule has 2 aliphatic rings. The van der Waals surface area contributed by atoms with E-state index in [-0.39, 0.29) is 35.5 Å². The van der Waals surface area contributed by atoms with Crippen molar-refractivity contribution in [1.29, 1.82) is 0 Å². The Morgan fingerprint density at radius 3 is 2.55 bits per heavy atom. The molecule has 1 aromatic carbocycles. The first-order valence-electron chi connectivity index (χ1n) is 13.9. The Bertz CT molecular complexity index is 1120. The van der Waals surface area contributed by atoms with E-state index in [1.54, 1.807) is 12.1 Å². The summed E-state index contributed by atoms with van der Waals surface area (Å²) in [6, 6.07) is 10.8. The number of fused-ring (bicyclic) bond motifs is 1. The van der Waals surface area contributed by atoms with Crippen molar-refractivity contribution in [2.45, 2.75) is 77.4 Å². The summed E-state index contributed by atoms with van der Waals surface area (Å²) < 4.78 is 0. The van der Waals surface area contributed by atoms with Gasteiger partial charge < -0.3 is 16.4 Å². The van der Waals surface area contributed by atoms with Crippen LogP contribution in [0.4, 0.5) is 5.82 Å². The third-order valence-electron chi connectivity index (χ3n) is 7.69. The number of carbonyl (C=O) groups excluding carboxylic acids is 3. The molecule has 8 heteroatoms. The summed E-state index contributed by atoms with van der Waals surface area (Å²) in [7, 11) is 0. The summed E-state index contributed by atoms with van der Waals surface area (Å²) in [5.41, 5.74) is 8.69. The molecule has 204 valence electrons. The average molecular weight is 520 g/mol. The Labute approximate surface area is 225 Å². The van der Waals surface area contributed by atoms with Gasteiger partial charge in [-0.2, -0.15) is 0 Å². The maximum absolute atomic E-state index is 13.5. The number of rotatable bonds is 9. The molecule has 0 bridgehead atoms. The number of anilines is 1. The molecule has 1 aliphatic carbocycles. The van der Waals surface area contributed by atoms with E-state index in [2.05, 4.69) is 58.6 Å². The number of carbonyl (C=O) groups is 3. The third kappa shape index (κ3) is 7.40. The van der Waals surface area contributed by atoms with Crippen LogP contribution < -0.4 is 16.4 Å². The van der Waals surface area contributed by atoms with Gasteiger partial charge in [-0.15, -0.1) is 0 Å². The molecule has 1 aliphatic heterocycles. The molecular weight excluding hydrogens is 478 g/mol. The lowest BCUT2D eigenvalue weighted by Gasteiger charge is -2.33. The van der Waals surface area contributed by atoms with E-state index in [9.17, 15) is 14.4 Å². The standard InChI is InChI=1S/C30H41N5O3/c1-20(2)16-26(27(36)19-35-15-7-10-21-8-3-4-9-23(21)18-35)34-30(38)24-11-5-6-12-25(24)33-29(37)22-13-14-28(31)32-17-22/h3-4,8-9,13-14,17,20,24-26H,5-7,10-12,15-16,18-19H2,1-2H3,(H2,31,32)(H,33,37)(H,34,38)/t24-,25+,26+/m1/s1. The number of hydrogen-bond donors (Lipinski definition) is 3. The summed E-state index contributed by atoms with van der Waals surface area (Å²) in [5.74, 6) is -0.127. The normalized spacial score (nSPS) is 20.7. The molecule has 2 heterocycles. The Kier molecular flexibility index (Phi) is 9.50. The summed E-state index contributed by atoms with van der Waals surface area (Å²) in [5, 5.41) is 6.13. The van der Waals surface area contributed by atoms with Crippen LogP contribution in [0.15, 0.2) is 42.6 Å². The molecule has 2 amide bonds. The van der Waals surface area contributed by atoms with Crippen LogP contribution in [0.5, 0.6) is 0 Å². The first-order valence-corrected chi connectivity index (χ1v) is 13.9. The first-order chi connectivity index (χ1) is 18.3. The Morgan fingerprint density at radius 2 is 1.82 bits per heavy atom. The molecule has 2 aromatic rings. The van der Waals surface area contributed by atoms with Gasteiger partial charge in [0.2, 0.25) is 5.91 Å². The molecule has 1 saturated carbocycles. The van der Waals surface area contributed by atoms with Crippen molar-refractivity contribution in [1.82, 2.24) is 20.5 Å². The second kappa shape index (κ2) is 13.0. The lowest BCUT2D eigenvalue weighted by Crippen LogP contribution is -2.53. The molecule has 1 fully saturated rings. The minimum atomic E-state index is -0.541. The van der Waals surface area contributed by atoms with E-state index in [1.165, 1.54) is 17.3 Å². The fourth-order valence-corrected chi connectivity index (χ4v) is 5.66. The number of ketones is 1. The van der Waals surface area contributed by atoms with E-state index in [1.807, 2.05) is 0 Å². The van der Waals surface area contributed by atoms with Gasteiger partial charge >= 0.3 is 0 Å². The molecule has 0 saturated heterocycles. The zero-order valence-corrected chi connectivity index (χ0v) is 22.6. The average Bonchev–Trinajstić information content (AvgIpc) is 3.10. The van der Waals surface area contributed by atoms with Crippen LogP contribution in [0.2, 0.25) is 0 Å². The van der Waals surface area contributed by atoms with Crippen molar-refractivity contribution in [3.05, 3.63) is 59.3 Å². The second-order valence-corrected chi connectivity index (χ2v) is 11.2. The minimum absolute atomic E-state index is 0.0516. The van der Waals surface area contributed by atoms with Crippen molar-refractivity contribution in [2.24, 2.45) is 11.8 Å². The second-order valence-electron chi connectivity index (χ2n) is 11.2. The molecule has 0 spiro atoms. The lowest BCUT2D eigenvalue weighted by molar-refractivity contribution is -0.132. The highest BCUT2D eigenvalue weighted by molar-refractivity contribution is 5.95. The van der Waals surface area contributed by atoms with Gasteiger partial charge in [-0.05, 0) is 67.8 Å². The molecular formula is C30H41N5O3. The molecule has 3 atom stereocenters. The van der Waals surface area contributed by atoms with E-state index in [0.717, 1.165) is 45.2 Å². The number of Topliss-reactive ketones (excluding diaryl/α,β-unsaturated/α-hetero) is 1. The zero-order valence-electron chi connectivity index (χ0n) is 22.6. The van der Waals surface area contributed by atoms with Gasteiger partial charge in [0.15, 0.2) is 5.78 Å². The SMILES string of the molecule is CC(C)C[C@H](NC(=O)[C@@H]1CCCC[C@@H]1NC(=O)c1ccc(N)nc1)C(=O)CN1CCCc2ccccc2C1. The Balaban J connectivity index is 1.40. The molecule has 38 heavy (non-hydrogen) atoms. The minimum Gasteiger partial charge on any atom is -0.384 e. The fourth-order valence-electron chi connectivity index (χ4n) is 5.66. The van der Waals surface area contributed by atoms with Gasteiger partial charge in [0, 0.05) is 18.8 Å². The highest BCUT2D eigenvalue weighted by Gasteiger charge is 2.35. The molecule has 0 radical (unpaired) electrons. The van der Waals surface area contributed by atoms with Crippen molar-refractivity contribution >= 4 is 23.4 Å². The van der Waals surface area contributed by atoms with Gasteiger partial charge in [0.1, 0.15) is 5.82 Å². The molecule has 0 unspecified atom stereocenters. The van der Waals surface area contributed by atoms with Crippen molar-refractivity contribution < 1.29 is 14.4 Å². The summed E-state index contributed by atoms with van der Waals surface area (Å²) >= 11 is 0. The maximum Gasteiger partial charge on any atom is 0.253 e. The molecule has 8 nitrogen and oxygen atoms in total. The van der Waals surface area contributed by atoms with Crippen LogP contribution >= 0.6 is 0 Å². The highest BCUT2D eigenvalue weighted by Crippen LogP contribution is 2.26. The van der Waals surface area contributed by atoms with Crippen molar-refractivity contribution in [2.75, 3.05) is 18.8 Å². The monoisotopic (exact) mass is 519 g/mol. The first kappa shape index (κ1) is 27.8. The Hall–Kier alpha value is -3.26. The van der Waals surface area contributed by atoms with Crippen molar-refractivity contribution in [3.8, 4) is 0 Å². The maximum atomic E-state index is 13.5. The number of nitrogens with two attached hydrogens (primary N) is 1. The quantitative estimate of drug-likeness (QED) is 0.467. The summed E-state index contributed by atoms with van der Waals surface area (Å²) in [6.07, 6.45) is 7.34. The predicted octanol–water partition coefficient (Wildman–Crippen LogP) is 3.50. The largest absolute Gasteiger partial charge is 0.384 e. The van der Waals surface area contributed by atoms with E-state index in [4.69, 9.17) is 5.73 Å². The number of aromatic nitrogens is 1. The Morgan fingerprint density at radius 1 is 1.05 bits per heavy atom. The smallest absolute Gasteiger partial charge is 0.253 e. The number of nitrogen functional groups attached to an aromatic ring is 1. The van der Waals surface area contributed by atoms with Gasteiger partial charge in [-0.1, -0.05) is 51.0 Å². The van der Waals surface area contributed by atoms with Crippen LogP contribution in [-0.2, 0) is 22.6 Å². The van der Waals surface area contributed by atoms with Crippen LogP contribution in [0, 0.1) is 11.8 Å². The number of amides is 2. The highest BCUT2D eigenvalue weighted by atomic mass is 16.2. The number of hydrogen-bond acceptors (Lipinski definition) is 6. The number of benzene rings is 1. The number of nitrogens with one attached hydrogen (secondary N) is 2. The number of aryl methyl sites for hydroxylation is 1.